The molecule has 0 bridgehead atoms. The van der Waals surface area contributed by atoms with Crippen molar-refractivity contribution < 1.29 is 4.79 Å². The number of fused-ring (bicyclic) bond motifs is 1. The van der Waals surface area contributed by atoms with Crippen molar-refractivity contribution in [3.63, 3.8) is 0 Å². The summed E-state index contributed by atoms with van der Waals surface area (Å²) in [7, 11) is 0. The molecular weight excluding hydrogens is 256 g/mol. The van der Waals surface area contributed by atoms with E-state index in [1.54, 1.807) is 24.4 Å². The monoisotopic (exact) mass is 266 g/mol. The van der Waals surface area contributed by atoms with Gasteiger partial charge in [-0.15, -0.1) is 5.10 Å². The number of amides is 1. The van der Waals surface area contributed by atoms with Crippen LogP contribution in [0.1, 0.15) is 0 Å². The number of aromatic nitrogens is 3. The second-order valence-electron chi connectivity index (χ2n) is 3.66. The molecule has 2 aromatic heterocycles. The van der Waals surface area contributed by atoms with E-state index in [0.717, 1.165) is 4.68 Å². The third-order valence-corrected chi connectivity index (χ3v) is 2.39. The van der Waals surface area contributed by atoms with Crippen molar-refractivity contribution in [1.29, 1.82) is 0 Å². The Balaban J connectivity index is 2.17. The minimum atomic E-state index is -0.356. The van der Waals surface area contributed by atoms with Crippen LogP contribution >= 0.6 is 11.6 Å². The fourth-order valence-electron chi connectivity index (χ4n) is 1.46. The molecule has 0 unspecified atom stereocenters. The van der Waals surface area contributed by atoms with E-state index in [4.69, 9.17) is 11.6 Å². The number of nitrogens with zero attached hydrogens (tertiary/aromatic N) is 3. The third kappa shape index (κ3) is 2.60. The Labute approximate surface area is 107 Å². The van der Waals surface area contributed by atoms with E-state index < -0.39 is 0 Å². The molecule has 0 aliphatic carbocycles. The fourth-order valence-corrected chi connectivity index (χ4v) is 1.52. The smallest absolute Gasteiger partial charge is 0.350 e. The fraction of sp³-hybridized carbons (Fsp3) is 0.182. The molecule has 2 aromatic rings. The van der Waals surface area contributed by atoms with Crippen LogP contribution in [0.15, 0.2) is 40.8 Å². The highest BCUT2D eigenvalue weighted by Gasteiger charge is 2.09. The van der Waals surface area contributed by atoms with Crippen molar-refractivity contribution in [1.82, 2.24) is 19.5 Å². The minimum absolute atomic E-state index is 0.148. The minimum Gasteiger partial charge on any atom is -0.350 e. The van der Waals surface area contributed by atoms with Gasteiger partial charge in [-0.05, 0) is 12.1 Å². The van der Waals surface area contributed by atoms with Crippen LogP contribution in [0, 0.1) is 0 Å². The predicted octanol–water partition coefficient (Wildman–Crippen LogP) is 0.365. The molecule has 0 fully saturated rings. The van der Waals surface area contributed by atoms with E-state index in [1.807, 2.05) is 0 Å². The summed E-state index contributed by atoms with van der Waals surface area (Å²) >= 11 is 5.52. The molecule has 7 heteroatoms. The SMILES string of the molecule is C=C(Cl)CNC(=O)Cn1nc2ccccn2c1=O. The van der Waals surface area contributed by atoms with Crippen molar-refractivity contribution in [3.05, 3.63) is 46.5 Å². The van der Waals surface area contributed by atoms with Crippen molar-refractivity contribution in [2.24, 2.45) is 0 Å². The first-order valence-electron chi connectivity index (χ1n) is 5.22. The van der Waals surface area contributed by atoms with Gasteiger partial charge in [0.15, 0.2) is 5.65 Å². The second-order valence-corrected chi connectivity index (χ2v) is 4.20. The summed E-state index contributed by atoms with van der Waals surface area (Å²) in [6.45, 7) is 3.47. The zero-order chi connectivity index (χ0) is 13.1. The van der Waals surface area contributed by atoms with E-state index >= 15 is 0 Å². The molecule has 94 valence electrons. The van der Waals surface area contributed by atoms with Crippen molar-refractivity contribution >= 4 is 23.2 Å². The molecule has 0 aliphatic heterocycles. The summed E-state index contributed by atoms with van der Waals surface area (Å²) < 4.78 is 2.47. The summed E-state index contributed by atoms with van der Waals surface area (Å²) in [6, 6.07) is 5.18. The van der Waals surface area contributed by atoms with Crippen LogP contribution in [0.5, 0.6) is 0 Å². The summed E-state index contributed by atoms with van der Waals surface area (Å²) in [6.07, 6.45) is 1.60. The quantitative estimate of drug-likeness (QED) is 0.869. The van der Waals surface area contributed by atoms with Crippen molar-refractivity contribution in [2.75, 3.05) is 6.54 Å². The summed E-state index contributed by atoms with van der Waals surface area (Å²) in [4.78, 5) is 23.4. The van der Waals surface area contributed by atoms with Crippen LogP contribution < -0.4 is 11.0 Å². The zero-order valence-electron chi connectivity index (χ0n) is 9.47. The predicted molar refractivity (Wildman–Crippen MR) is 67.5 cm³/mol. The highest BCUT2D eigenvalue weighted by atomic mass is 35.5. The summed E-state index contributed by atoms with van der Waals surface area (Å²) in [5.74, 6) is -0.345. The number of pyridine rings is 1. The molecular formula is C11H11ClN4O2. The molecule has 1 amide bonds. The number of hydrogen-bond donors (Lipinski definition) is 1. The van der Waals surface area contributed by atoms with Crippen LogP contribution in [-0.2, 0) is 11.3 Å². The lowest BCUT2D eigenvalue weighted by atomic mass is 10.5. The Bertz CT molecular complexity index is 658. The van der Waals surface area contributed by atoms with Crippen LogP contribution in [0.4, 0.5) is 0 Å². The topological polar surface area (TPSA) is 68.4 Å². The Kier molecular flexibility index (Phi) is 3.47. The number of nitrogens with one attached hydrogen (secondary N) is 1. The summed E-state index contributed by atoms with van der Waals surface area (Å²) in [5.41, 5.74) is 0.141. The van der Waals surface area contributed by atoms with Gasteiger partial charge in [0.05, 0.1) is 6.54 Å². The van der Waals surface area contributed by atoms with Crippen LogP contribution in [-0.4, -0.2) is 26.6 Å². The molecule has 1 N–H and O–H groups in total. The van der Waals surface area contributed by atoms with E-state index in [1.165, 1.54) is 4.40 Å². The molecule has 0 saturated carbocycles. The number of rotatable bonds is 4. The lowest BCUT2D eigenvalue weighted by Gasteiger charge is -2.02. The second kappa shape index (κ2) is 5.05. The van der Waals surface area contributed by atoms with Gasteiger partial charge in [-0.2, -0.15) is 0 Å². The Hall–Kier alpha value is -2.08. The van der Waals surface area contributed by atoms with Crippen LogP contribution in [0.3, 0.4) is 0 Å². The Morgan fingerprint density at radius 1 is 1.50 bits per heavy atom. The molecule has 2 heterocycles. The maximum Gasteiger partial charge on any atom is 0.350 e. The average molecular weight is 267 g/mol. The Morgan fingerprint density at radius 3 is 2.94 bits per heavy atom. The van der Waals surface area contributed by atoms with Gasteiger partial charge in [0.25, 0.3) is 0 Å². The lowest BCUT2D eigenvalue weighted by Crippen LogP contribution is -2.33. The van der Waals surface area contributed by atoms with Gasteiger partial charge in [-0.1, -0.05) is 24.2 Å². The van der Waals surface area contributed by atoms with Gasteiger partial charge in [0.1, 0.15) is 6.54 Å². The average Bonchev–Trinajstić information content (AvgIpc) is 2.65. The van der Waals surface area contributed by atoms with Gasteiger partial charge < -0.3 is 5.32 Å². The first kappa shape index (κ1) is 12.4. The van der Waals surface area contributed by atoms with Gasteiger partial charge in [0.2, 0.25) is 5.91 Å². The molecule has 6 nitrogen and oxygen atoms in total. The van der Waals surface area contributed by atoms with E-state index in [0.29, 0.717) is 10.7 Å². The van der Waals surface area contributed by atoms with Crippen molar-refractivity contribution in [2.45, 2.75) is 6.54 Å². The van der Waals surface area contributed by atoms with Gasteiger partial charge in [-0.25, -0.2) is 9.48 Å². The number of carbonyl (C=O) groups is 1. The molecule has 18 heavy (non-hydrogen) atoms. The maximum absolute atomic E-state index is 11.8. The first-order valence-corrected chi connectivity index (χ1v) is 5.60. The van der Waals surface area contributed by atoms with Crippen molar-refractivity contribution in [3.8, 4) is 0 Å². The van der Waals surface area contributed by atoms with Gasteiger partial charge in [0, 0.05) is 11.2 Å². The molecule has 0 spiro atoms. The Morgan fingerprint density at radius 2 is 2.28 bits per heavy atom. The highest BCUT2D eigenvalue weighted by molar-refractivity contribution is 6.29. The number of hydrogen-bond acceptors (Lipinski definition) is 3. The standard InChI is InChI=1S/C11H11ClN4O2/c1-8(12)6-13-10(17)7-16-11(18)15-5-3-2-4-9(15)14-16/h2-5H,1,6-7H2,(H,13,17). The normalized spacial score (nSPS) is 10.5. The molecule has 0 aliphatic rings. The molecule has 0 aromatic carbocycles. The molecule has 0 atom stereocenters. The maximum atomic E-state index is 11.8. The lowest BCUT2D eigenvalue weighted by molar-refractivity contribution is -0.121. The number of halogens is 1. The van der Waals surface area contributed by atoms with Gasteiger partial charge in [-0.3, -0.25) is 9.20 Å². The van der Waals surface area contributed by atoms with E-state index in [-0.39, 0.29) is 24.7 Å². The van der Waals surface area contributed by atoms with Crippen LogP contribution in [0.25, 0.3) is 5.65 Å². The molecule has 0 saturated heterocycles. The number of carbonyl (C=O) groups excluding carboxylic acids is 1. The van der Waals surface area contributed by atoms with E-state index in [9.17, 15) is 9.59 Å². The zero-order valence-corrected chi connectivity index (χ0v) is 10.2. The highest BCUT2D eigenvalue weighted by Crippen LogP contribution is 1.95. The largest absolute Gasteiger partial charge is 0.350 e. The molecule has 2 rings (SSSR count). The first-order chi connectivity index (χ1) is 8.58. The third-order valence-electron chi connectivity index (χ3n) is 2.26. The summed E-state index contributed by atoms with van der Waals surface area (Å²) in [5, 5.41) is 6.88. The van der Waals surface area contributed by atoms with E-state index in [2.05, 4.69) is 17.0 Å². The van der Waals surface area contributed by atoms with Crippen LogP contribution in [0.2, 0.25) is 0 Å². The van der Waals surface area contributed by atoms with Gasteiger partial charge >= 0.3 is 5.69 Å². The molecule has 0 radical (unpaired) electrons.